The van der Waals surface area contributed by atoms with E-state index in [0.29, 0.717) is 18.5 Å². The lowest BCUT2D eigenvalue weighted by atomic mass is 9.95. The Kier molecular flexibility index (Phi) is 5.82. The normalized spacial score (nSPS) is 18.2. The number of amides is 1. The van der Waals surface area contributed by atoms with E-state index in [1.165, 1.54) is 6.07 Å². The fourth-order valence-corrected chi connectivity index (χ4v) is 3.44. The van der Waals surface area contributed by atoms with Crippen molar-refractivity contribution in [2.24, 2.45) is 5.92 Å². The van der Waals surface area contributed by atoms with Gasteiger partial charge in [-0.2, -0.15) is 0 Å². The molecule has 0 saturated carbocycles. The van der Waals surface area contributed by atoms with Crippen LogP contribution < -0.4 is 5.32 Å². The van der Waals surface area contributed by atoms with Crippen LogP contribution in [0.2, 0.25) is 0 Å². The monoisotopic (exact) mass is 340 g/mol. The minimum absolute atomic E-state index is 0.0649. The molecule has 1 unspecified atom stereocenters. The molecule has 3 rings (SSSR count). The van der Waals surface area contributed by atoms with Crippen LogP contribution >= 0.6 is 0 Å². The third-order valence-corrected chi connectivity index (χ3v) is 4.70. The predicted molar refractivity (Wildman–Crippen MR) is 98.8 cm³/mol. The van der Waals surface area contributed by atoms with Gasteiger partial charge in [0.25, 0.3) is 0 Å². The van der Waals surface area contributed by atoms with Crippen molar-refractivity contribution in [2.75, 3.05) is 26.2 Å². The van der Waals surface area contributed by atoms with Gasteiger partial charge in [-0.05, 0) is 30.0 Å². The second kappa shape index (κ2) is 8.26. The smallest absolute Gasteiger partial charge is 0.227 e. The van der Waals surface area contributed by atoms with Crippen LogP contribution in [0.3, 0.4) is 0 Å². The van der Waals surface area contributed by atoms with Gasteiger partial charge in [0.05, 0.1) is 5.92 Å². The van der Waals surface area contributed by atoms with Gasteiger partial charge in [-0.3, -0.25) is 4.79 Å². The van der Waals surface area contributed by atoms with Crippen molar-refractivity contribution in [3.05, 3.63) is 59.9 Å². The molecule has 0 bridgehead atoms. The third kappa shape index (κ3) is 4.26. The molecule has 1 aliphatic rings. The molecule has 1 fully saturated rings. The van der Waals surface area contributed by atoms with Gasteiger partial charge in [-0.1, -0.05) is 49.4 Å². The van der Waals surface area contributed by atoms with Crippen molar-refractivity contribution in [3.63, 3.8) is 0 Å². The zero-order valence-corrected chi connectivity index (χ0v) is 14.7. The van der Waals surface area contributed by atoms with Gasteiger partial charge >= 0.3 is 0 Å². The van der Waals surface area contributed by atoms with Crippen LogP contribution in [-0.2, 0) is 11.2 Å². The van der Waals surface area contributed by atoms with Crippen molar-refractivity contribution in [1.29, 1.82) is 0 Å². The molecular weight excluding hydrogens is 315 g/mol. The first kappa shape index (κ1) is 17.6. The van der Waals surface area contributed by atoms with E-state index >= 15 is 0 Å². The van der Waals surface area contributed by atoms with E-state index in [1.807, 2.05) is 35.2 Å². The molecule has 132 valence electrons. The Balaban J connectivity index is 1.79. The van der Waals surface area contributed by atoms with Crippen molar-refractivity contribution in [1.82, 2.24) is 10.2 Å². The van der Waals surface area contributed by atoms with E-state index in [4.69, 9.17) is 0 Å². The molecule has 1 amide bonds. The molecule has 0 radical (unpaired) electrons. The summed E-state index contributed by atoms with van der Waals surface area (Å²) in [5, 5.41) is 3.37. The Labute approximate surface area is 148 Å². The highest BCUT2D eigenvalue weighted by Gasteiger charge is 2.26. The summed E-state index contributed by atoms with van der Waals surface area (Å²) in [5.74, 6) is -0.0611. The highest BCUT2D eigenvalue weighted by atomic mass is 19.1. The molecule has 1 heterocycles. The summed E-state index contributed by atoms with van der Waals surface area (Å²) >= 11 is 0. The fraction of sp³-hybridized carbons (Fsp3) is 0.381. The number of halogens is 1. The van der Waals surface area contributed by atoms with Crippen LogP contribution in [0.25, 0.3) is 11.1 Å². The molecule has 4 heteroatoms. The average Bonchev–Trinajstić information content (AvgIpc) is 2.79. The maximum Gasteiger partial charge on any atom is 0.227 e. The Morgan fingerprint density at radius 2 is 2.04 bits per heavy atom. The van der Waals surface area contributed by atoms with Gasteiger partial charge in [0.1, 0.15) is 5.82 Å². The number of benzene rings is 2. The zero-order chi connectivity index (χ0) is 17.6. The van der Waals surface area contributed by atoms with E-state index in [2.05, 4.69) is 12.2 Å². The standard InChI is InChI=1S/C21H25FN2O/c1-2-11-24-12-10-23-15-18(21(24)25)14-16-6-5-7-17(13-16)19-8-3-4-9-20(19)22/h3-9,13,18,23H,2,10-12,14-15H2,1H3. The lowest BCUT2D eigenvalue weighted by Crippen LogP contribution is -2.37. The number of rotatable bonds is 5. The van der Waals surface area contributed by atoms with Crippen LogP contribution in [-0.4, -0.2) is 37.0 Å². The summed E-state index contributed by atoms with van der Waals surface area (Å²) in [6.07, 6.45) is 1.65. The number of hydrogen-bond acceptors (Lipinski definition) is 2. The van der Waals surface area contributed by atoms with E-state index in [-0.39, 0.29) is 17.6 Å². The molecule has 0 aromatic heterocycles. The first-order chi connectivity index (χ1) is 12.2. The second-order valence-electron chi connectivity index (χ2n) is 6.61. The number of nitrogens with zero attached hydrogens (tertiary/aromatic N) is 1. The molecule has 0 aliphatic carbocycles. The molecule has 1 aliphatic heterocycles. The van der Waals surface area contributed by atoms with Crippen LogP contribution in [0, 0.1) is 11.7 Å². The number of carbonyl (C=O) groups excluding carboxylic acids is 1. The lowest BCUT2D eigenvalue weighted by molar-refractivity contribution is -0.134. The molecule has 1 saturated heterocycles. The van der Waals surface area contributed by atoms with Crippen molar-refractivity contribution < 1.29 is 9.18 Å². The van der Waals surface area contributed by atoms with Crippen molar-refractivity contribution >= 4 is 5.91 Å². The molecule has 3 nitrogen and oxygen atoms in total. The number of carbonyl (C=O) groups is 1. The summed E-state index contributed by atoms with van der Waals surface area (Å²) in [5.41, 5.74) is 2.52. The third-order valence-electron chi connectivity index (χ3n) is 4.70. The number of nitrogens with one attached hydrogen (secondary N) is 1. The second-order valence-corrected chi connectivity index (χ2v) is 6.61. The van der Waals surface area contributed by atoms with E-state index in [9.17, 15) is 9.18 Å². The van der Waals surface area contributed by atoms with Crippen molar-refractivity contribution in [2.45, 2.75) is 19.8 Å². The summed E-state index contributed by atoms with van der Waals surface area (Å²) < 4.78 is 14.0. The van der Waals surface area contributed by atoms with Crippen LogP contribution in [0.4, 0.5) is 4.39 Å². The van der Waals surface area contributed by atoms with Gasteiger partial charge in [-0.25, -0.2) is 4.39 Å². The molecular formula is C21H25FN2O. The highest BCUT2D eigenvalue weighted by molar-refractivity contribution is 5.80. The van der Waals surface area contributed by atoms with Crippen LogP contribution in [0.1, 0.15) is 18.9 Å². The molecule has 1 N–H and O–H groups in total. The molecule has 0 spiro atoms. The van der Waals surface area contributed by atoms with Gasteiger partial charge in [0, 0.05) is 31.7 Å². The molecule has 2 aromatic carbocycles. The van der Waals surface area contributed by atoms with Crippen LogP contribution in [0.15, 0.2) is 48.5 Å². The first-order valence-electron chi connectivity index (χ1n) is 9.02. The van der Waals surface area contributed by atoms with Crippen molar-refractivity contribution in [3.8, 4) is 11.1 Å². The summed E-state index contributed by atoms with van der Waals surface area (Å²) in [6, 6.07) is 14.7. The van der Waals surface area contributed by atoms with Gasteiger partial charge in [-0.15, -0.1) is 0 Å². The molecule has 25 heavy (non-hydrogen) atoms. The Morgan fingerprint density at radius 1 is 1.20 bits per heavy atom. The average molecular weight is 340 g/mol. The Bertz CT molecular complexity index is 731. The quantitative estimate of drug-likeness (QED) is 0.904. The van der Waals surface area contributed by atoms with E-state index < -0.39 is 0 Å². The Hall–Kier alpha value is -2.20. The minimum Gasteiger partial charge on any atom is -0.341 e. The number of hydrogen-bond donors (Lipinski definition) is 1. The van der Waals surface area contributed by atoms with Crippen LogP contribution in [0.5, 0.6) is 0 Å². The Morgan fingerprint density at radius 3 is 2.84 bits per heavy atom. The molecule has 2 aromatic rings. The summed E-state index contributed by atoms with van der Waals surface area (Å²) in [7, 11) is 0. The van der Waals surface area contributed by atoms with Gasteiger partial charge < -0.3 is 10.2 Å². The fourth-order valence-electron chi connectivity index (χ4n) is 3.44. The largest absolute Gasteiger partial charge is 0.341 e. The topological polar surface area (TPSA) is 32.3 Å². The molecule has 1 atom stereocenters. The van der Waals surface area contributed by atoms with Gasteiger partial charge in [0.2, 0.25) is 5.91 Å². The summed E-state index contributed by atoms with van der Waals surface area (Å²) in [4.78, 5) is 14.7. The predicted octanol–water partition coefficient (Wildman–Crippen LogP) is 3.49. The maximum atomic E-state index is 14.0. The summed E-state index contributed by atoms with van der Waals surface area (Å²) in [6.45, 7) is 5.23. The first-order valence-corrected chi connectivity index (χ1v) is 9.02. The lowest BCUT2D eigenvalue weighted by Gasteiger charge is -2.23. The SMILES string of the molecule is CCCN1CCNCC(Cc2cccc(-c3ccccc3F)c2)C1=O. The van der Waals surface area contributed by atoms with E-state index in [0.717, 1.165) is 37.2 Å². The minimum atomic E-state index is -0.221. The maximum absolute atomic E-state index is 14.0. The van der Waals surface area contributed by atoms with Gasteiger partial charge in [0.15, 0.2) is 0 Å². The highest BCUT2D eigenvalue weighted by Crippen LogP contribution is 2.24. The zero-order valence-electron chi connectivity index (χ0n) is 14.7. The van der Waals surface area contributed by atoms with E-state index in [1.54, 1.807) is 12.1 Å².